The van der Waals surface area contributed by atoms with Gasteiger partial charge >= 0.3 is 0 Å². The number of nitrogens with zero attached hydrogens (tertiary/aromatic N) is 3. The second-order valence-corrected chi connectivity index (χ2v) is 5.70. The smallest absolute Gasteiger partial charge is 0.122 e. The molecule has 1 saturated carbocycles. The van der Waals surface area contributed by atoms with E-state index < -0.39 is 0 Å². The van der Waals surface area contributed by atoms with E-state index in [-0.39, 0.29) is 0 Å². The zero-order chi connectivity index (χ0) is 12.4. The minimum absolute atomic E-state index is 0.721. The van der Waals surface area contributed by atoms with E-state index in [4.69, 9.17) is 4.63 Å². The highest BCUT2D eigenvalue weighted by Gasteiger charge is 2.24. The highest BCUT2D eigenvalue weighted by molar-refractivity contribution is 5.04. The van der Waals surface area contributed by atoms with Gasteiger partial charge in [-0.1, -0.05) is 10.3 Å². The fraction of sp³-hybridized carbons (Fsp3) is 0.846. The Kier molecular flexibility index (Phi) is 3.61. The van der Waals surface area contributed by atoms with Gasteiger partial charge in [0.15, 0.2) is 0 Å². The van der Waals surface area contributed by atoms with Crippen LogP contribution >= 0.6 is 0 Å². The first-order valence-electron chi connectivity index (χ1n) is 7.05. The molecule has 1 saturated heterocycles. The first kappa shape index (κ1) is 12.1. The topological polar surface area (TPSA) is 54.2 Å². The summed E-state index contributed by atoms with van der Waals surface area (Å²) in [5, 5.41) is 11.5. The number of rotatable bonds is 5. The molecule has 18 heavy (non-hydrogen) atoms. The maximum atomic E-state index is 4.74. The molecule has 100 valence electrons. The van der Waals surface area contributed by atoms with E-state index in [1.807, 2.05) is 6.92 Å². The van der Waals surface area contributed by atoms with Crippen molar-refractivity contribution in [2.75, 3.05) is 19.6 Å². The Morgan fingerprint density at radius 3 is 2.61 bits per heavy atom. The predicted octanol–water partition coefficient (Wildman–Crippen LogP) is 1.34. The van der Waals surface area contributed by atoms with E-state index in [0.29, 0.717) is 0 Å². The van der Waals surface area contributed by atoms with Crippen molar-refractivity contribution >= 4 is 0 Å². The van der Waals surface area contributed by atoms with Gasteiger partial charge < -0.3 is 5.32 Å². The number of aryl methyl sites for hydroxylation is 1. The zero-order valence-electron chi connectivity index (χ0n) is 11.1. The number of piperidine rings is 1. The van der Waals surface area contributed by atoms with Crippen LogP contribution in [0.15, 0.2) is 4.63 Å². The SMILES string of the molecule is Cc1nonc1CN1CCC(NCC2CC2)CC1. The molecule has 1 aromatic rings. The van der Waals surface area contributed by atoms with Gasteiger partial charge in [0.25, 0.3) is 0 Å². The van der Waals surface area contributed by atoms with Gasteiger partial charge in [0.2, 0.25) is 0 Å². The van der Waals surface area contributed by atoms with Crippen LogP contribution in [0, 0.1) is 12.8 Å². The molecule has 0 radical (unpaired) electrons. The number of nitrogens with one attached hydrogen (secondary N) is 1. The van der Waals surface area contributed by atoms with Crippen LogP contribution in [-0.2, 0) is 6.54 Å². The summed E-state index contributed by atoms with van der Waals surface area (Å²) in [4.78, 5) is 2.45. The Labute approximate surface area is 108 Å². The van der Waals surface area contributed by atoms with Gasteiger partial charge in [-0.3, -0.25) is 4.90 Å². The number of aromatic nitrogens is 2. The molecule has 0 spiro atoms. The zero-order valence-corrected chi connectivity index (χ0v) is 11.1. The van der Waals surface area contributed by atoms with E-state index >= 15 is 0 Å². The first-order valence-corrected chi connectivity index (χ1v) is 7.05. The molecule has 2 aliphatic rings. The Morgan fingerprint density at radius 1 is 1.22 bits per heavy atom. The average Bonchev–Trinajstić information content (AvgIpc) is 3.13. The molecule has 0 unspecified atom stereocenters. The van der Waals surface area contributed by atoms with E-state index in [1.54, 1.807) is 0 Å². The van der Waals surface area contributed by atoms with Crippen molar-refractivity contribution in [1.29, 1.82) is 0 Å². The minimum atomic E-state index is 0.721. The number of likely N-dealkylation sites (tertiary alicyclic amines) is 1. The Bertz CT molecular complexity index is 380. The molecule has 5 nitrogen and oxygen atoms in total. The Balaban J connectivity index is 1.40. The van der Waals surface area contributed by atoms with Crippen LogP contribution in [0.25, 0.3) is 0 Å². The Morgan fingerprint density at radius 2 is 2.00 bits per heavy atom. The third kappa shape index (κ3) is 3.09. The molecule has 0 atom stereocenters. The van der Waals surface area contributed by atoms with E-state index in [9.17, 15) is 0 Å². The van der Waals surface area contributed by atoms with Crippen molar-refractivity contribution in [1.82, 2.24) is 20.5 Å². The summed E-state index contributed by atoms with van der Waals surface area (Å²) in [6.07, 6.45) is 5.36. The van der Waals surface area contributed by atoms with Gasteiger partial charge in [-0.15, -0.1) is 0 Å². The average molecular weight is 250 g/mol. The molecule has 0 aromatic carbocycles. The van der Waals surface area contributed by atoms with Crippen molar-refractivity contribution in [2.24, 2.45) is 5.92 Å². The second kappa shape index (κ2) is 5.36. The lowest BCUT2D eigenvalue weighted by Gasteiger charge is -2.31. The van der Waals surface area contributed by atoms with E-state index in [2.05, 4.69) is 20.5 Å². The molecule has 0 amide bonds. The lowest BCUT2D eigenvalue weighted by molar-refractivity contribution is 0.184. The van der Waals surface area contributed by atoms with Crippen molar-refractivity contribution in [3.63, 3.8) is 0 Å². The summed E-state index contributed by atoms with van der Waals surface area (Å²) in [7, 11) is 0. The van der Waals surface area contributed by atoms with Crippen LogP contribution in [0.3, 0.4) is 0 Å². The molecule has 2 fully saturated rings. The van der Waals surface area contributed by atoms with Crippen molar-refractivity contribution in [3.05, 3.63) is 11.4 Å². The quantitative estimate of drug-likeness (QED) is 0.854. The third-order valence-electron chi connectivity index (χ3n) is 4.10. The van der Waals surface area contributed by atoms with Gasteiger partial charge in [0.1, 0.15) is 11.4 Å². The molecule has 3 rings (SSSR count). The largest absolute Gasteiger partial charge is 0.314 e. The van der Waals surface area contributed by atoms with E-state index in [0.717, 1.165) is 43.0 Å². The molecule has 5 heteroatoms. The maximum absolute atomic E-state index is 4.74. The van der Waals surface area contributed by atoms with Gasteiger partial charge in [0.05, 0.1) is 0 Å². The summed E-state index contributed by atoms with van der Waals surface area (Å²) in [5.74, 6) is 0.979. The molecule has 2 heterocycles. The summed E-state index contributed by atoms with van der Waals surface area (Å²) in [5.41, 5.74) is 1.91. The van der Waals surface area contributed by atoms with Crippen LogP contribution in [0.1, 0.15) is 37.1 Å². The van der Waals surface area contributed by atoms with Crippen LogP contribution in [0.5, 0.6) is 0 Å². The van der Waals surface area contributed by atoms with Crippen LogP contribution in [0.4, 0.5) is 0 Å². The molecular formula is C13H22N4O. The summed E-state index contributed by atoms with van der Waals surface area (Å²) < 4.78 is 4.74. The van der Waals surface area contributed by atoms with Crippen LogP contribution < -0.4 is 5.32 Å². The van der Waals surface area contributed by atoms with Gasteiger partial charge in [-0.05, 0) is 45.1 Å². The van der Waals surface area contributed by atoms with Crippen molar-refractivity contribution < 1.29 is 4.63 Å². The summed E-state index contributed by atoms with van der Waals surface area (Å²) >= 11 is 0. The second-order valence-electron chi connectivity index (χ2n) is 5.70. The van der Waals surface area contributed by atoms with E-state index in [1.165, 1.54) is 32.2 Å². The minimum Gasteiger partial charge on any atom is -0.314 e. The molecular weight excluding hydrogens is 228 g/mol. The first-order chi connectivity index (χ1) is 8.81. The van der Waals surface area contributed by atoms with Gasteiger partial charge in [-0.2, -0.15) is 0 Å². The molecule has 1 aromatic heterocycles. The normalized spacial score (nSPS) is 22.5. The molecule has 1 aliphatic heterocycles. The predicted molar refractivity (Wildman–Crippen MR) is 68.1 cm³/mol. The van der Waals surface area contributed by atoms with Crippen molar-refractivity contribution in [3.8, 4) is 0 Å². The van der Waals surface area contributed by atoms with Gasteiger partial charge in [-0.25, -0.2) is 4.63 Å². The fourth-order valence-corrected chi connectivity index (χ4v) is 2.56. The maximum Gasteiger partial charge on any atom is 0.122 e. The van der Waals surface area contributed by atoms with Crippen LogP contribution in [-0.4, -0.2) is 40.9 Å². The highest BCUT2D eigenvalue weighted by Crippen LogP contribution is 2.28. The van der Waals surface area contributed by atoms with Crippen LogP contribution in [0.2, 0.25) is 0 Å². The summed E-state index contributed by atoms with van der Waals surface area (Å²) in [6.45, 7) is 6.36. The summed E-state index contributed by atoms with van der Waals surface area (Å²) in [6, 6.07) is 0.721. The Hall–Kier alpha value is -0.940. The number of hydrogen-bond acceptors (Lipinski definition) is 5. The monoisotopic (exact) mass is 250 g/mol. The lowest BCUT2D eigenvalue weighted by Crippen LogP contribution is -2.42. The molecule has 0 bridgehead atoms. The molecule has 1 aliphatic carbocycles. The number of hydrogen-bond donors (Lipinski definition) is 1. The lowest BCUT2D eigenvalue weighted by atomic mass is 10.0. The van der Waals surface area contributed by atoms with Crippen molar-refractivity contribution in [2.45, 2.75) is 45.2 Å². The molecule has 1 N–H and O–H groups in total. The van der Waals surface area contributed by atoms with Gasteiger partial charge in [0, 0.05) is 25.7 Å². The third-order valence-corrected chi connectivity index (χ3v) is 4.10. The standard InChI is InChI=1S/C13H22N4O/c1-10-13(16-18-15-10)9-17-6-4-12(5-7-17)14-8-11-2-3-11/h11-12,14H,2-9H2,1H3. The fourth-order valence-electron chi connectivity index (χ4n) is 2.56. The highest BCUT2D eigenvalue weighted by atomic mass is 16.6.